The molecule has 0 heterocycles. The van der Waals surface area contributed by atoms with E-state index in [4.69, 9.17) is 0 Å². The molecule has 0 N–H and O–H groups in total. The van der Waals surface area contributed by atoms with E-state index in [2.05, 4.69) is 11.7 Å². The lowest BCUT2D eigenvalue weighted by Crippen LogP contribution is -2.18. The van der Waals surface area contributed by atoms with Crippen LogP contribution in [0.3, 0.4) is 0 Å². The molecule has 0 unspecified atom stereocenters. The summed E-state index contributed by atoms with van der Waals surface area (Å²) in [5.74, 6) is -2.88. The third kappa shape index (κ3) is 4.66. The molecule has 0 aliphatic heterocycles. The maximum atomic E-state index is 15.3. The number of benzene rings is 2. The molecule has 1 fully saturated rings. The summed E-state index contributed by atoms with van der Waals surface area (Å²) in [4.78, 5) is 0. The number of rotatable bonds is 4. The smallest absolute Gasteiger partial charge is 0.403 e. The van der Waals surface area contributed by atoms with Crippen molar-refractivity contribution in [3.05, 3.63) is 58.4 Å². The van der Waals surface area contributed by atoms with Gasteiger partial charge in [-0.1, -0.05) is 31.1 Å². The topological polar surface area (TPSA) is 9.23 Å². The molecule has 0 saturated heterocycles. The molecule has 2 aromatic rings. The number of allylic oxidation sites excluding steroid dienone is 1. The van der Waals surface area contributed by atoms with Crippen LogP contribution < -0.4 is 4.74 Å². The van der Waals surface area contributed by atoms with Gasteiger partial charge in [0.25, 0.3) is 0 Å². The van der Waals surface area contributed by atoms with Gasteiger partial charge in [0.2, 0.25) is 0 Å². The highest BCUT2D eigenvalue weighted by molar-refractivity contribution is 5.72. The van der Waals surface area contributed by atoms with Crippen LogP contribution in [0.4, 0.5) is 26.3 Å². The monoisotopic (exact) mass is 454 g/mol. The van der Waals surface area contributed by atoms with E-state index in [1.807, 2.05) is 6.08 Å². The molecule has 7 heteroatoms. The Morgan fingerprint density at radius 1 is 0.938 bits per heavy atom. The summed E-state index contributed by atoms with van der Waals surface area (Å²) >= 11 is 0. The van der Waals surface area contributed by atoms with Crippen molar-refractivity contribution in [3.63, 3.8) is 0 Å². The quantitative estimate of drug-likeness (QED) is 0.423. The summed E-state index contributed by atoms with van der Waals surface area (Å²) < 4.78 is 84.9. The van der Waals surface area contributed by atoms with Crippen LogP contribution in [-0.4, -0.2) is 6.36 Å². The minimum Gasteiger partial charge on any atom is -0.403 e. The average molecular weight is 454 g/mol. The Morgan fingerprint density at radius 3 is 2.28 bits per heavy atom. The van der Waals surface area contributed by atoms with Crippen molar-refractivity contribution in [3.8, 4) is 16.9 Å². The third-order valence-electron chi connectivity index (χ3n) is 6.75. The highest BCUT2D eigenvalue weighted by atomic mass is 19.4. The van der Waals surface area contributed by atoms with Crippen molar-refractivity contribution < 1.29 is 31.1 Å². The number of alkyl halides is 3. The number of hydrogen-bond donors (Lipinski definition) is 0. The summed E-state index contributed by atoms with van der Waals surface area (Å²) in [5, 5.41) is 0. The molecule has 0 amide bonds. The molecule has 32 heavy (non-hydrogen) atoms. The first kappa shape index (κ1) is 22.7. The molecule has 4 rings (SSSR count). The van der Waals surface area contributed by atoms with Gasteiger partial charge in [0.15, 0.2) is 11.6 Å². The molecule has 2 aliphatic rings. The molecule has 0 aromatic heterocycles. The second-order valence-corrected chi connectivity index (χ2v) is 8.65. The first-order valence-corrected chi connectivity index (χ1v) is 10.9. The van der Waals surface area contributed by atoms with E-state index in [1.54, 1.807) is 0 Å². The van der Waals surface area contributed by atoms with Crippen molar-refractivity contribution in [1.82, 2.24) is 0 Å². The minimum absolute atomic E-state index is 0.178. The van der Waals surface area contributed by atoms with Gasteiger partial charge in [0.05, 0.1) is 5.56 Å². The standard InChI is InChI=1S/C25H24F6O/c1-2-14-3-5-15(6-4-14)16-7-9-19-18(11-16)13-21(27)23(24(19)28)17-8-10-22(20(26)12-17)32-25(29,30)31/h8,10-15H,2-7,9H2,1H3. The molecule has 172 valence electrons. The van der Waals surface area contributed by atoms with E-state index in [0.717, 1.165) is 30.9 Å². The summed E-state index contributed by atoms with van der Waals surface area (Å²) in [6.45, 7) is 2.20. The van der Waals surface area contributed by atoms with Crippen LogP contribution in [-0.2, 0) is 6.42 Å². The van der Waals surface area contributed by atoms with Crippen LogP contribution in [0.1, 0.15) is 56.6 Å². The number of fused-ring (bicyclic) bond motifs is 1. The lowest BCUT2D eigenvalue weighted by molar-refractivity contribution is -0.275. The van der Waals surface area contributed by atoms with Gasteiger partial charge < -0.3 is 4.74 Å². The first-order chi connectivity index (χ1) is 15.2. The van der Waals surface area contributed by atoms with E-state index in [0.29, 0.717) is 36.0 Å². The fourth-order valence-corrected chi connectivity index (χ4v) is 4.99. The Kier molecular flexibility index (Phi) is 6.28. The van der Waals surface area contributed by atoms with Gasteiger partial charge in [-0.3, -0.25) is 0 Å². The molecule has 0 spiro atoms. The van der Waals surface area contributed by atoms with Crippen molar-refractivity contribution in [2.75, 3.05) is 0 Å². The van der Waals surface area contributed by atoms with Crippen molar-refractivity contribution in [2.24, 2.45) is 11.8 Å². The molecule has 2 aliphatic carbocycles. The van der Waals surface area contributed by atoms with Gasteiger partial charge in [-0.15, -0.1) is 13.2 Å². The normalized spacial score (nSPS) is 21.2. The first-order valence-electron chi connectivity index (χ1n) is 10.9. The molecule has 0 radical (unpaired) electrons. The fourth-order valence-electron chi connectivity index (χ4n) is 4.99. The number of hydrogen-bond acceptors (Lipinski definition) is 1. The SMILES string of the molecule is CCC1CCC(C2=Cc3cc(F)c(-c4ccc(OC(F)(F)F)c(F)c4)c(F)c3CC2)CC1. The molecular formula is C25H24F6O. The van der Waals surface area contributed by atoms with Gasteiger partial charge in [0.1, 0.15) is 11.6 Å². The van der Waals surface area contributed by atoms with E-state index in [-0.39, 0.29) is 5.56 Å². The Labute approximate surface area is 183 Å². The maximum Gasteiger partial charge on any atom is 0.573 e. The van der Waals surface area contributed by atoms with Crippen LogP contribution in [0, 0.1) is 29.3 Å². The molecule has 1 saturated carbocycles. The van der Waals surface area contributed by atoms with Crippen molar-refractivity contribution in [2.45, 2.75) is 58.2 Å². The zero-order valence-electron chi connectivity index (χ0n) is 17.7. The van der Waals surface area contributed by atoms with Crippen molar-refractivity contribution in [1.29, 1.82) is 0 Å². The van der Waals surface area contributed by atoms with Crippen LogP contribution in [0.25, 0.3) is 17.2 Å². The Morgan fingerprint density at radius 2 is 1.66 bits per heavy atom. The van der Waals surface area contributed by atoms with Crippen molar-refractivity contribution >= 4 is 6.08 Å². The zero-order valence-corrected chi connectivity index (χ0v) is 17.7. The van der Waals surface area contributed by atoms with Crippen LogP contribution in [0.2, 0.25) is 0 Å². The predicted octanol–water partition coefficient (Wildman–Crippen LogP) is 8.22. The zero-order chi connectivity index (χ0) is 23.0. The lowest BCUT2D eigenvalue weighted by Gasteiger charge is -2.31. The van der Waals surface area contributed by atoms with Gasteiger partial charge in [-0.05, 0) is 85.3 Å². The molecule has 2 aromatic carbocycles. The Balaban J connectivity index is 1.63. The Bertz CT molecular complexity index is 1030. The summed E-state index contributed by atoms with van der Waals surface area (Å²) in [5.41, 5.74) is 1.44. The van der Waals surface area contributed by atoms with Crippen LogP contribution in [0.15, 0.2) is 29.8 Å². The van der Waals surface area contributed by atoms with E-state index in [9.17, 15) is 22.0 Å². The minimum atomic E-state index is -5.06. The summed E-state index contributed by atoms with van der Waals surface area (Å²) in [6.07, 6.45) is 3.62. The predicted molar refractivity (Wildman–Crippen MR) is 110 cm³/mol. The fraction of sp³-hybridized carbons (Fsp3) is 0.440. The van der Waals surface area contributed by atoms with E-state index < -0.39 is 35.1 Å². The van der Waals surface area contributed by atoms with Gasteiger partial charge in [0, 0.05) is 0 Å². The van der Waals surface area contributed by atoms with Crippen LogP contribution >= 0.6 is 0 Å². The van der Waals surface area contributed by atoms with Gasteiger partial charge >= 0.3 is 6.36 Å². The Hall–Kier alpha value is -2.44. The van der Waals surface area contributed by atoms with E-state index in [1.165, 1.54) is 30.9 Å². The molecular weight excluding hydrogens is 430 g/mol. The average Bonchev–Trinajstić information content (AvgIpc) is 2.74. The van der Waals surface area contributed by atoms with Gasteiger partial charge in [-0.25, -0.2) is 13.2 Å². The lowest BCUT2D eigenvalue weighted by atomic mass is 9.74. The second-order valence-electron chi connectivity index (χ2n) is 8.65. The summed E-state index contributed by atoms with van der Waals surface area (Å²) in [7, 11) is 0. The molecule has 0 atom stereocenters. The number of halogens is 6. The van der Waals surface area contributed by atoms with Crippen LogP contribution in [0.5, 0.6) is 5.75 Å². The maximum absolute atomic E-state index is 15.3. The van der Waals surface area contributed by atoms with Gasteiger partial charge in [-0.2, -0.15) is 0 Å². The molecule has 0 bridgehead atoms. The highest BCUT2D eigenvalue weighted by Gasteiger charge is 2.33. The highest BCUT2D eigenvalue weighted by Crippen LogP contribution is 2.41. The summed E-state index contributed by atoms with van der Waals surface area (Å²) in [6, 6.07) is 3.64. The second kappa shape index (κ2) is 8.83. The third-order valence-corrected chi connectivity index (χ3v) is 6.75. The molecule has 1 nitrogen and oxygen atoms in total. The van der Waals surface area contributed by atoms with E-state index >= 15 is 4.39 Å². The largest absolute Gasteiger partial charge is 0.573 e. The number of ether oxygens (including phenoxy) is 1.